The highest BCUT2D eigenvalue weighted by Crippen LogP contribution is 2.39. The second kappa shape index (κ2) is 6.67. The van der Waals surface area contributed by atoms with Crippen molar-refractivity contribution in [3.05, 3.63) is 33.1 Å². The van der Waals surface area contributed by atoms with Gasteiger partial charge in [0.2, 0.25) is 5.95 Å². The van der Waals surface area contributed by atoms with Crippen molar-refractivity contribution in [1.82, 2.24) is 29.3 Å². The number of nitrogens with zero attached hydrogens (tertiary/aromatic N) is 6. The zero-order chi connectivity index (χ0) is 19.3. The van der Waals surface area contributed by atoms with E-state index < -0.39 is 0 Å². The molecule has 1 saturated heterocycles. The number of aryl methyl sites for hydroxylation is 2. The van der Waals surface area contributed by atoms with Gasteiger partial charge in [-0.3, -0.25) is 14.5 Å². The fourth-order valence-corrected chi connectivity index (χ4v) is 4.29. The van der Waals surface area contributed by atoms with Crippen LogP contribution in [0.5, 0.6) is 0 Å². The number of aromatic nitrogens is 6. The molecular formula is C18H24ClN7O. The predicted octanol–water partition coefficient (Wildman–Crippen LogP) is 2.81. The lowest BCUT2D eigenvalue weighted by atomic mass is 10.1. The van der Waals surface area contributed by atoms with Crippen LogP contribution in [0.1, 0.15) is 44.0 Å². The molecule has 3 aromatic rings. The topological polar surface area (TPSA) is 84.6 Å². The Bertz CT molecular complexity index is 1050. The number of rotatable bonds is 4. The van der Waals surface area contributed by atoms with E-state index >= 15 is 0 Å². The highest BCUT2D eigenvalue weighted by molar-refractivity contribution is 6.30. The van der Waals surface area contributed by atoms with E-state index in [1.807, 2.05) is 11.6 Å². The number of anilines is 1. The zero-order valence-electron chi connectivity index (χ0n) is 16.0. The third-order valence-corrected chi connectivity index (χ3v) is 5.47. The maximum Gasteiger partial charge on any atom is 0.278 e. The maximum absolute atomic E-state index is 12.5. The molecule has 0 amide bonds. The number of hydrogen-bond acceptors (Lipinski definition) is 5. The monoisotopic (exact) mass is 389 g/mol. The molecule has 1 atom stereocenters. The van der Waals surface area contributed by atoms with E-state index in [2.05, 4.69) is 38.8 Å². The van der Waals surface area contributed by atoms with E-state index in [9.17, 15) is 4.79 Å². The summed E-state index contributed by atoms with van der Waals surface area (Å²) in [6.45, 7) is 7.86. The second-order valence-corrected chi connectivity index (χ2v) is 7.99. The Balaban J connectivity index is 1.75. The molecule has 0 saturated carbocycles. The first kappa shape index (κ1) is 18.0. The van der Waals surface area contributed by atoms with Crippen LogP contribution in [-0.2, 0) is 13.6 Å². The number of imidazole rings is 1. The van der Waals surface area contributed by atoms with Crippen LogP contribution in [0, 0.1) is 12.8 Å². The molecule has 1 unspecified atom stereocenters. The minimum Gasteiger partial charge on any atom is -0.335 e. The summed E-state index contributed by atoms with van der Waals surface area (Å²) in [7, 11) is 1.79. The average Bonchev–Trinajstić information content (AvgIpc) is 3.27. The van der Waals surface area contributed by atoms with Crippen molar-refractivity contribution < 1.29 is 0 Å². The van der Waals surface area contributed by atoms with E-state index in [4.69, 9.17) is 11.6 Å². The van der Waals surface area contributed by atoms with Crippen LogP contribution in [0.25, 0.3) is 11.2 Å². The smallest absolute Gasteiger partial charge is 0.278 e. The van der Waals surface area contributed by atoms with Gasteiger partial charge in [-0.1, -0.05) is 25.4 Å². The summed E-state index contributed by atoms with van der Waals surface area (Å²) < 4.78 is 3.56. The molecule has 8 nitrogen and oxygen atoms in total. The number of H-pyrrole nitrogens is 1. The van der Waals surface area contributed by atoms with E-state index in [-0.39, 0.29) is 11.6 Å². The predicted molar refractivity (Wildman–Crippen MR) is 105 cm³/mol. The van der Waals surface area contributed by atoms with Gasteiger partial charge in [-0.15, -0.1) is 0 Å². The number of aromatic amines is 1. The van der Waals surface area contributed by atoms with Crippen LogP contribution in [0.3, 0.4) is 0 Å². The average molecular weight is 390 g/mol. The molecule has 9 heteroatoms. The van der Waals surface area contributed by atoms with Crippen LogP contribution in [0.2, 0.25) is 5.15 Å². The summed E-state index contributed by atoms with van der Waals surface area (Å²) >= 11 is 6.70. The molecule has 1 N–H and O–H groups in total. The minimum absolute atomic E-state index is 0.0442. The molecule has 0 aromatic carbocycles. The van der Waals surface area contributed by atoms with Crippen LogP contribution in [0.15, 0.2) is 11.1 Å². The van der Waals surface area contributed by atoms with Gasteiger partial charge in [-0.25, -0.2) is 4.98 Å². The Morgan fingerprint density at radius 3 is 2.93 bits per heavy atom. The standard InChI is InChI=1S/C18H24ClN7O/c1-10(2)8-26-15(19)13(11(3)23-26)12-6-5-7-25(12)18-21-16-14(17(27)22-18)24(4)9-20-16/h9-10,12H,5-8H2,1-4H3,(H,21,22,27). The molecule has 0 spiro atoms. The summed E-state index contributed by atoms with van der Waals surface area (Å²) in [5.74, 6) is 1.000. The minimum atomic E-state index is -0.182. The Morgan fingerprint density at radius 1 is 1.41 bits per heavy atom. The summed E-state index contributed by atoms with van der Waals surface area (Å²) in [6.07, 6.45) is 3.55. The fraction of sp³-hybridized carbons (Fsp3) is 0.556. The van der Waals surface area contributed by atoms with E-state index in [0.29, 0.717) is 28.2 Å². The van der Waals surface area contributed by atoms with Crippen molar-refractivity contribution in [2.75, 3.05) is 11.4 Å². The molecule has 144 valence electrons. The number of nitrogens with one attached hydrogen (secondary N) is 1. The molecule has 0 aliphatic carbocycles. The van der Waals surface area contributed by atoms with Gasteiger partial charge in [-0.05, 0) is 25.7 Å². The maximum atomic E-state index is 12.5. The number of fused-ring (bicyclic) bond motifs is 1. The second-order valence-electron chi connectivity index (χ2n) is 7.63. The SMILES string of the molecule is Cc1nn(CC(C)C)c(Cl)c1C1CCCN1c1nc2ncn(C)c2c(=O)[nH]1. The van der Waals surface area contributed by atoms with Gasteiger partial charge < -0.3 is 9.47 Å². The van der Waals surface area contributed by atoms with Crippen LogP contribution >= 0.6 is 11.6 Å². The van der Waals surface area contributed by atoms with Gasteiger partial charge in [0.05, 0.1) is 18.1 Å². The van der Waals surface area contributed by atoms with Crippen molar-refractivity contribution in [2.45, 2.75) is 46.2 Å². The molecule has 1 aliphatic heterocycles. The molecule has 3 aromatic heterocycles. The molecule has 1 aliphatic rings. The summed E-state index contributed by atoms with van der Waals surface area (Å²) in [5.41, 5.74) is 2.71. The summed E-state index contributed by atoms with van der Waals surface area (Å²) in [4.78, 5) is 26.4. The quantitative estimate of drug-likeness (QED) is 0.741. The third kappa shape index (κ3) is 3.01. The van der Waals surface area contributed by atoms with Gasteiger partial charge in [0, 0.05) is 25.7 Å². The molecule has 0 radical (unpaired) electrons. The Labute approximate surface area is 162 Å². The van der Waals surface area contributed by atoms with Crippen molar-refractivity contribution in [2.24, 2.45) is 13.0 Å². The van der Waals surface area contributed by atoms with E-state index in [1.54, 1.807) is 17.9 Å². The Hall–Kier alpha value is -2.35. The lowest BCUT2D eigenvalue weighted by Crippen LogP contribution is -2.27. The summed E-state index contributed by atoms with van der Waals surface area (Å²) in [5, 5.41) is 5.32. The van der Waals surface area contributed by atoms with Gasteiger partial charge in [0.25, 0.3) is 5.56 Å². The third-order valence-electron chi connectivity index (χ3n) is 5.08. The van der Waals surface area contributed by atoms with E-state index in [1.165, 1.54) is 0 Å². The number of hydrogen-bond donors (Lipinski definition) is 1. The first-order valence-corrected chi connectivity index (χ1v) is 9.65. The Kier molecular flexibility index (Phi) is 4.46. The normalized spacial score (nSPS) is 17.6. The van der Waals surface area contributed by atoms with Crippen molar-refractivity contribution in [3.8, 4) is 0 Å². The fourth-order valence-electron chi connectivity index (χ4n) is 3.92. The first-order valence-electron chi connectivity index (χ1n) is 9.27. The van der Waals surface area contributed by atoms with E-state index in [0.717, 1.165) is 37.2 Å². The van der Waals surface area contributed by atoms with Crippen molar-refractivity contribution >= 4 is 28.7 Å². The highest BCUT2D eigenvalue weighted by Gasteiger charge is 2.33. The van der Waals surface area contributed by atoms with Gasteiger partial charge >= 0.3 is 0 Å². The van der Waals surface area contributed by atoms with Gasteiger partial charge in [0.15, 0.2) is 11.2 Å². The molecule has 27 heavy (non-hydrogen) atoms. The molecule has 4 heterocycles. The summed E-state index contributed by atoms with van der Waals surface area (Å²) in [6, 6.07) is 0.0442. The van der Waals surface area contributed by atoms with Crippen LogP contribution < -0.4 is 10.5 Å². The molecule has 1 fully saturated rings. The Morgan fingerprint density at radius 2 is 2.19 bits per heavy atom. The zero-order valence-corrected chi connectivity index (χ0v) is 16.8. The van der Waals surface area contributed by atoms with Crippen molar-refractivity contribution in [1.29, 1.82) is 0 Å². The molecule has 4 rings (SSSR count). The lowest BCUT2D eigenvalue weighted by molar-refractivity contribution is 0.481. The molecule has 0 bridgehead atoms. The first-order chi connectivity index (χ1) is 12.9. The number of halogens is 1. The van der Waals surface area contributed by atoms with Crippen LogP contribution in [0.4, 0.5) is 5.95 Å². The van der Waals surface area contributed by atoms with Crippen LogP contribution in [-0.4, -0.2) is 35.8 Å². The lowest BCUT2D eigenvalue weighted by Gasteiger charge is -2.25. The van der Waals surface area contributed by atoms with Crippen molar-refractivity contribution in [3.63, 3.8) is 0 Å². The largest absolute Gasteiger partial charge is 0.335 e. The highest BCUT2D eigenvalue weighted by atomic mass is 35.5. The molecular weight excluding hydrogens is 366 g/mol. The van der Waals surface area contributed by atoms with Gasteiger partial charge in [0.1, 0.15) is 5.15 Å². The van der Waals surface area contributed by atoms with Gasteiger partial charge in [-0.2, -0.15) is 10.1 Å².